The van der Waals surface area contributed by atoms with E-state index in [1.54, 1.807) is 18.2 Å². The summed E-state index contributed by atoms with van der Waals surface area (Å²) in [5, 5.41) is 18.1. The van der Waals surface area contributed by atoms with E-state index in [2.05, 4.69) is 39.9 Å². The van der Waals surface area contributed by atoms with Gasteiger partial charge in [0, 0.05) is 35.2 Å². The Balaban J connectivity index is 1.59. The van der Waals surface area contributed by atoms with Crippen molar-refractivity contribution in [3.63, 3.8) is 0 Å². The molecule has 1 saturated heterocycles. The summed E-state index contributed by atoms with van der Waals surface area (Å²) in [4.78, 5) is 0.200. The standard InChI is InChI=1S/C28H30N4O3S/c1-19-10-12-23-25(15-19)28(30-21-9-6-14-29-17-21)32-31-27(23)24-13-11-22(36(2,33)34)16-26(24)35-18-20-7-4-3-5-8-20/h3-5,7-8,10-13,15-16,21,29H,6,9,14,17-18H2,1-2H3,(H,30,32)/t21-/m1/s1. The summed E-state index contributed by atoms with van der Waals surface area (Å²) in [6.07, 6.45) is 3.39. The fourth-order valence-corrected chi connectivity index (χ4v) is 5.16. The molecular formula is C28H30N4O3S. The molecule has 5 rings (SSSR count). The minimum absolute atomic E-state index is 0.200. The highest BCUT2D eigenvalue weighted by Crippen LogP contribution is 2.37. The van der Waals surface area contributed by atoms with Crippen molar-refractivity contribution in [3.8, 4) is 17.0 Å². The molecule has 2 N–H and O–H groups in total. The Morgan fingerprint density at radius 2 is 1.86 bits per heavy atom. The number of anilines is 1. The Morgan fingerprint density at radius 3 is 2.61 bits per heavy atom. The molecule has 8 heteroatoms. The van der Waals surface area contributed by atoms with Crippen molar-refractivity contribution < 1.29 is 13.2 Å². The number of aromatic nitrogens is 2. The molecule has 2 heterocycles. The summed E-state index contributed by atoms with van der Waals surface area (Å²) in [6, 6.07) is 21.2. The first-order chi connectivity index (χ1) is 17.4. The smallest absolute Gasteiger partial charge is 0.175 e. The predicted molar refractivity (Wildman–Crippen MR) is 143 cm³/mol. The van der Waals surface area contributed by atoms with Gasteiger partial charge in [-0.25, -0.2) is 8.42 Å². The van der Waals surface area contributed by atoms with Crippen LogP contribution in [0.5, 0.6) is 5.75 Å². The highest BCUT2D eigenvalue weighted by molar-refractivity contribution is 7.90. The van der Waals surface area contributed by atoms with Crippen LogP contribution in [0.25, 0.3) is 22.0 Å². The van der Waals surface area contributed by atoms with Crippen molar-refractivity contribution in [1.29, 1.82) is 0 Å². The van der Waals surface area contributed by atoms with Gasteiger partial charge >= 0.3 is 0 Å². The molecule has 1 atom stereocenters. The number of fused-ring (bicyclic) bond motifs is 1. The highest BCUT2D eigenvalue weighted by atomic mass is 32.2. The van der Waals surface area contributed by atoms with Gasteiger partial charge in [-0.15, -0.1) is 10.2 Å². The first-order valence-corrected chi connectivity index (χ1v) is 14.0. The number of benzene rings is 3. The van der Waals surface area contributed by atoms with Gasteiger partial charge in [0.15, 0.2) is 15.7 Å². The minimum Gasteiger partial charge on any atom is -0.488 e. The second-order valence-corrected chi connectivity index (χ2v) is 11.4. The van der Waals surface area contributed by atoms with Crippen LogP contribution in [0, 0.1) is 6.92 Å². The molecular weight excluding hydrogens is 472 g/mol. The zero-order chi connectivity index (χ0) is 25.1. The van der Waals surface area contributed by atoms with Crippen LogP contribution >= 0.6 is 0 Å². The average molecular weight is 503 g/mol. The van der Waals surface area contributed by atoms with E-state index >= 15 is 0 Å². The predicted octanol–water partition coefficient (Wildman–Crippen LogP) is 4.75. The maximum atomic E-state index is 12.3. The van der Waals surface area contributed by atoms with Crippen molar-refractivity contribution in [2.24, 2.45) is 0 Å². The summed E-state index contributed by atoms with van der Waals surface area (Å²) in [7, 11) is -3.41. The van der Waals surface area contributed by atoms with Crippen molar-refractivity contribution in [2.45, 2.75) is 37.3 Å². The quantitative estimate of drug-likeness (QED) is 0.377. The molecule has 1 aromatic heterocycles. The molecule has 0 aliphatic carbocycles. The van der Waals surface area contributed by atoms with Gasteiger partial charge in [-0.05, 0) is 56.1 Å². The topological polar surface area (TPSA) is 93.2 Å². The molecule has 4 aromatic rings. The lowest BCUT2D eigenvalue weighted by atomic mass is 10.0. The van der Waals surface area contributed by atoms with Gasteiger partial charge in [-0.1, -0.05) is 48.0 Å². The van der Waals surface area contributed by atoms with Crippen LogP contribution in [-0.4, -0.2) is 44.0 Å². The van der Waals surface area contributed by atoms with Gasteiger partial charge in [-0.3, -0.25) is 0 Å². The van der Waals surface area contributed by atoms with Crippen LogP contribution in [0.3, 0.4) is 0 Å². The SMILES string of the molecule is Cc1ccc2c(-c3ccc(S(C)(=O)=O)cc3OCc3ccccc3)nnc(N[C@@H]3CCCNC3)c2c1. The summed E-state index contributed by atoms with van der Waals surface area (Å²) >= 11 is 0. The lowest BCUT2D eigenvalue weighted by molar-refractivity contribution is 0.306. The van der Waals surface area contributed by atoms with Crippen molar-refractivity contribution >= 4 is 26.4 Å². The first-order valence-electron chi connectivity index (χ1n) is 12.1. The van der Waals surface area contributed by atoms with Crippen molar-refractivity contribution in [3.05, 3.63) is 77.9 Å². The van der Waals surface area contributed by atoms with Crippen molar-refractivity contribution in [2.75, 3.05) is 24.7 Å². The normalized spacial score (nSPS) is 16.1. The molecule has 0 spiro atoms. The zero-order valence-corrected chi connectivity index (χ0v) is 21.3. The number of rotatable bonds is 7. The van der Waals surface area contributed by atoms with E-state index in [9.17, 15) is 8.42 Å². The van der Waals surface area contributed by atoms with Crippen LogP contribution in [0.4, 0.5) is 5.82 Å². The first kappa shape index (κ1) is 24.2. The molecule has 0 saturated carbocycles. The molecule has 0 unspecified atom stereocenters. The zero-order valence-electron chi connectivity index (χ0n) is 20.5. The average Bonchev–Trinajstić information content (AvgIpc) is 2.88. The van der Waals surface area contributed by atoms with Crippen molar-refractivity contribution in [1.82, 2.24) is 15.5 Å². The largest absolute Gasteiger partial charge is 0.488 e. The fraction of sp³-hybridized carbons (Fsp3) is 0.286. The van der Waals surface area contributed by atoms with E-state index in [1.165, 1.54) is 6.26 Å². The van der Waals surface area contributed by atoms with Gasteiger partial charge in [0.2, 0.25) is 0 Å². The van der Waals surface area contributed by atoms with E-state index in [0.717, 1.165) is 53.6 Å². The number of piperidine rings is 1. The lowest BCUT2D eigenvalue weighted by Crippen LogP contribution is -2.38. The fourth-order valence-electron chi connectivity index (χ4n) is 4.53. The van der Waals surface area contributed by atoms with Crippen LogP contribution in [0.2, 0.25) is 0 Å². The highest BCUT2D eigenvalue weighted by Gasteiger charge is 2.20. The number of hydrogen-bond donors (Lipinski definition) is 2. The summed E-state index contributed by atoms with van der Waals surface area (Å²) < 4.78 is 30.8. The van der Waals surface area contributed by atoms with Gasteiger partial charge in [0.05, 0.1) is 4.90 Å². The van der Waals surface area contributed by atoms with Crippen LogP contribution in [-0.2, 0) is 16.4 Å². The Kier molecular flexibility index (Phi) is 6.89. The monoisotopic (exact) mass is 502 g/mol. The van der Waals surface area contributed by atoms with Gasteiger partial charge in [0.25, 0.3) is 0 Å². The molecule has 0 radical (unpaired) electrons. The summed E-state index contributed by atoms with van der Waals surface area (Å²) in [5.41, 5.74) is 3.46. The van der Waals surface area contributed by atoms with Gasteiger partial charge in [-0.2, -0.15) is 0 Å². The molecule has 7 nitrogen and oxygen atoms in total. The number of aryl methyl sites for hydroxylation is 1. The maximum Gasteiger partial charge on any atom is 0.175 e. The summed E-state index contributed by atoms with van der Waals surface area (Å²) in [5.74, 6) is 1.21. The van der Waals surface area contributed by atoms with E-state index in [4.69, 9.17) is 4.74 Å². The Labute approximate surface area is 211 Å². The van der Waals surface area contributed by atoms with Crippen LogP contribution in [0.15, 0.2) is 71.6 Å². The third-order valence-electron chi connectivity index (χ3n) is 6.45. The Hall–Kier alpha value is -3.49. The molecule has 186 valence electrons. The second-order valence-electron chi connectivity index (χ2n) is 9.34. The third-order valence-corrected chi connectivity index (χ3v) is 7.56. The van der Waals surface area contributed by atoms with E-state index in [1.807, 2.05) is 36.4 Å². The van der Waals surface area contributed by atoms with E-state index in [-0.39, 0.29) is 4.90 Å². The summed E-state index contributed by atoms with van der Waals surface area (Å²) in [6.45, 7) is 4.29. The van der Waals surface area contributed by atoms with Gasteiger partial charge in [0.1, 0.15) is 18.1 Å². The van der Waals surface area contributed by atoms with E-state index in [0.29, 0.717) is 29.7 Å². The molecule has 3 aromatic carbocycles. The Bertz CT molecular complexity index is 1480. The molecule has 36 heavy (non-hydrogen) atoms. The van der Waals surface area contributed by atoms with Crippen LogP contribution < -0.4 is 15.4 Å². The maximum absolute atomic E-state index is 12.3. The Morgan fingerprint density at radius 1 is 1.03 bits per heavy atom. The lowest BCUT2D eigenvalue weighted by Gasteiger charge is -2.25. The molecule has 1 aliphatic heterocycles. The molecule has 0 bridgehead atoms. The third kappa shape index (κ3) is 5.34. The van der Waals surface area contributed by atoms with E-state index < -0.39 is 9.84 Å². The number of nitrogens with one attached hydrogen (secondary N) is 2. The minimum atomic E-state index is -3.41. The molecule has 1 aliphatic rings. The number of nitrogens with zero attached hydrogens (tertiary/aromatic N) is 2. The molecule has 0 amide bonds. The second kappa shape index (κ2) is 10.2. The molecule has 1 fully saturated rings. The number of hydrogen-bond acceptors (Lipinski definition) is 7. The number of sulfone groups is 1. The number of ether oxygens (including phenoxy) is 1. The van der Waals surface area contributed by atoms with Crippen LogP contribution in [0.1, 0.15) is 24.0 Å². The van der Waals surface area contributed by atoms with Gasteiger partial charge < -0.3 is 15.4 Å².